The molecule has 1 aromatic heterocycles. The van der Waals surface area contributed by atoms with Gasteiger partial charge in [0.05, 0.1) is 10.6 Å². The maximum absolute atomic E-state index is 12.6. The first-order valence-corrected chi connectivity index (χ1v) is 8.42. The summed E-state index contributed by atoms with van der Waals surface area (Å²) in [5.41, 5.74) is 6.72. The zero-order valence-corrected chi connectivity index (χ0v) is 14.7. The van der Waals surface area contributed by atoms with Crippen LogP contribution in [0.4, 0.5) is 11.5 Å². The van der Waals surface area contributed by atoms with Crippen LogP contribution in [-0.2, 0) is 0 Å². The molecule has 2 heterocycles. The minimum absolute atomic E-state index is 0.0570. The average molecular weight is 396 g/mol. The van der Waals surface area contributed by atoms with Gasteiger partial charge in [-0.1, -0.05) is 11.6 Å². The number of hydrogen-bond acceptors (Lipinski definition) is 4. The monoisotopic (exact) mass is 394 g/mol. The van der Waals surface area contributed by atoms with Crippen LogP contribution in [0.5, 0.6) is 0 Å². The first kappa shape index (κ1) is 16.1. The van der Waals surface area contributed by atoms with Crippen molar-refractivity contribution in [2.24, 2.45) is 0 Å². The zero-order valence-electron chi connectivity index (χ0n) is 12.4. The minimum atomic E-state index is -0.0570. The molecule has 120 valence electrons. The molecule has 7 heteroatoms. The molecule has 0 atom stereocenters. The first-order chi connectivity index (χ1) is 11.0. The molecule has 1 aromatic carbocycles. The van der Waals surface area contributed by atoms with Crippen molar-refractivity contribution < 1.29 is 4.79 Å². The van der Waals surface area contributed by atoms with E-state index in [1.807, 2.05) is 17.0 Å². The first-order valence-electron chi connectivity index (χ1n) is 7.25. The third kappa shape index (κ3) is 3.59. The number of carbonyl (C=O) groups is 1. The molecule has 2 N–H and O–H groups in total. The van der Waals surface area contributed by atoms with E-state index in [-0.39, 0.29) is 5.91 Å². The van der Waals surface area contributed by atoms with Gasteiger partial charge < -0.3 is 15.5 Å². The highest BCUT2D eigenvalue weighted by Crippen LogP contribution is 2.22. The lowest BCUT2D eigenvalue weighted by Gasteiger charge is -2.35. The fourth-order valence-electron chi connectivity index (χ4n) is 2.57. The molecule has 0 saturated carbocycles. The Labute approximate surface area is 148 Å². The molecular formula is C16H16BrClN4O. The summed E-state index contributed by atoms with van der Waals surface area (Å²) in [6.07, 6.45) is 1.78. The van der Waals surface area contributed by atoms with Crippen molar-refractivity contribution in [3.8, 4) is 0 Å². The van der Waals surface area contributed by atoms with Gasteiger partial charge in [-0.05, 0) is 46.3 Å². The molecule has 1 aliphatic rings. The van der Waals surface area contributed by atoms with Crippen LogP contribution in [0.1, 0.15) is 10.4 Å². The van der Waals surface area contributed by atoms with Gasteiger partial charge in [0.25, 0.3) is 5.91 Å². The summed E-state index contributed by atoms with van der Waals surface area (Å²) in [4.78, 5) is 21.0. The molecule has 1 saturated heterocycles. The Balaban J connectivity index is 1.66. The summed E-state index contributed by atoms with van der Waals surface area (Å²) in [6, 6.07) is 8.92. The lowest BCUT2D eigenvalue weighted by Crippen LogP contribution is -2.49. The SMILES string of the molecule is Nc1ccc(C(=O)N2CCN(c3ccc(Br)cn3)CC2)c(Cl)c1. The maximum atomic E-state index is 12.6. The number of anilines is 2. The molecule has 0 unspecified atom stereocenters. The highest BCUT2D eigenvalue weighted by atomic mass is 79.9. The van der Waals surface area contributed by atoms with Crippen molar-refractivity contribution in [2.75, 3.05) is 36.8 Å². The van der Waals surface area contributed by atoms with E-state index in [0.29, 0.717) is 29.4 Å². The Morgan fingerprint density at radius 2 is 1.91 bits per heavy atom. The minimum Gasteiger partial charge on any atom is -0.399 e. The number of rotatable bonds is 2. The van der Waals surface area contributed by atoms with Crippen LogP contribution in [0.2, 0.25) is 5.02 Å². The van der Waals surface area contributed by atoms with Crippen LogP contribution >= 0.6 is 27.5 Å². The third-order valence-corrected chi connectivity index (χ3v) is 4.61. The number of piperazine rings is 1. The van der Waals surface area contributed by atoms with Crippen molar-refractivity contribution in [3.63, 3.8) is 0 Å². The number of pyridine rings is 1. The third-order valence-electron chi connectivity index (χ3n) is 3.83. The highest BCUT2D eigenvalue weighted by molar-refractivity contribution is 9.10. The second kappa shape index (κ2) is 6.76. The number of hydrogen-bond donors (Lipinski definition) is 1. The number of amides is 1. The van der Waals surface area contributed by atoms with Crippen LogP contribution in [0, 0.1) is 0 Å². The molecule has 0 radical (unpaired) electrons. The van der Waals surface area contributed by atoms with Crippen LogP contribution < -0.4 is 10.6 Å². The molecule has 0 aliphatic carbocycles. The van der Waals surface area contributed by atoms with Gasteiger partial charge in [0, 0.05) is 42.5 Å². The fourth-order valence-corrected chi connectivity index (χ4v) is 3.07. The molecule has 1 fully saturated rings. The number of nitrogens with zero attached hydrogens (tertiary/aromatic N) is 3. The predicted molar refractivity (Wildman–Crippen MR) is 95.9 cm³/mol. The van der Waals surface area contributed by atoms with E-state index < -0.39 is 0 Å². The molecule has 3 rings (SSSR count). The van der Waals surface area contributed by atoms with Crippen molar-refractivity contribution in [3.05, 3.63) is 51.6 Å². The van der Waals surface area contributed by atoms with Crippen molar-refractivity contribution in [1.29, 1.82) is 0 Å². The number of nitrogen functional groups attached to an aromatic ring is 1. The summed E-state index contributed by atoms with van der Waals surface area (Å²) >= 11 is 9.51. The smallest absolute Gasteiger partial charge is 0.255 e. The van der Waals surface area contributed by atoms with E-state index in [1.165, 1.54) is 0 Å². The summed E-state index contributed by atoms with van der Waals surface area (Å²) in [5, 5.41) is 0.395. The van der Waals surface area contributed by atoms with Gasteiger partial charge in [-0.15, -0.1) is 0 Å². The second-order valence-corrected chi connectivity index (χ2v) is 6.68. The number of benzene rings is 1. The van der Waals surface area contributed by atoms with Gasteiger partial charge in [0.1, 0.15) is 5.82 Å². The average Bonchev–Trinajstić information content (AvgIpc) is 2.55. The Hall–Kier alpha value is -1.79. The van der Waals surface area contributed by atoms with E-state index in [0.717, 1.165) is 23.4 Å². The maximum Gasteiger partial charge on any atom is 0.255 e. The van der Waals surface area contributed by atoms with Gasteiger partial charge >= 0.3 is 0 Å². The molecule has 23 heavy (non-hydrogen) atoms. The van der Waals surface area contributed by atoms with Gasteiger partial charge in [-0.2, -0.15) is 0 Å². The summed E-state index contributed by atoms with van der Waals surface area (Å²) in [5.74, 6) is 0.865. The Kier molecular flexibility index (Phi) is 4.73. The molecule has 1 amide bonds. The van der Waals surface area contributed by atoms with Crippen molar-refractivity contribution in [2.45, 2.75) is 0 Å². The lowest BCUT2D eigenvalue weighted by molar-refractivity contribution is 0.0746. The predicted octanol–water partition coefficient (Wildman–Crippen LogP) is 3.04. The largest absolute Gasteiger partial charge is 0.399 e. The molecular weight excluding hydrogens is 380 g/mol. The van der Waals surface area contributed by atoms with E-state index >= 15 is 0 Å². The van der Waals surface area contributed by atoms with Crippen LogP contribution in [0.15, 0.2) is 41.0 Å². The standard InChI is InChI=1S/C16H16BrClN4O/c17-11-1-4-15(20-10-11)21-5-7-22(8-6-21)16(23)13-3-2-12(19)9-14(13)18/h1-4,9-10H,5-8,19H2. The summed E-state index contributed by atoms with van der Waals surface area (Å²) in [6.45, 7) is 2.76. The van der Waals surface area contributed by atoms with E-state index in [2.05, 4.69) is 25.8 Å². The van der Waals surface area contributed by atoms with Crippen LogP contribution in [0.3, 0.4) is 0 Å². The van der Waals surface area contributed by atoms with E-state index in [9.17, 15) is 4.79 Å². The van der Waals surface area contributed by atoms with Gasteiger partial charge in [0.2, 0.25) is 0 Å². The van der Waals surface area contributed by atoms with E-state index in [4.69, 9.17) is 17.3 Å². The molecule has 2 aromatic rings. The number of carbonyl (C=O) groups excluding carboxylic acids is 1. The topological polar surface area (TPSA) is 62.5 Å². The van der Waals surface area contributed by atoms with Crippen molar-refractivity contribution >= 4 is 44.9 Å². The summed E-state index contributed by atoms with van der Waals surface area (Å²) in [7, 11) is 0. The van der Waals surface area contributed by atoms with Crippen LogP contribution in [0.25, 0.3) is 0 Å². The van der Waals surface area contributed by atoms with Gasteiger partial charge in [0.15, 0.2) is 0 Å². The highest BCUT2D eigenvalue weighted by Gasteiger charge is 2.24. The Morgan fingerprint density at radius 3 is 2.52 bits per heavy atom. The zero-order chi connectivity index (χ0) is 16.4. The fraction of sp³-hybridized carbons (Fsp3) is 0.250. The van der Waals surface area contributed by atoms with E-state index in [1.54, 1.807) is 24.4 Å². The normalized spacial score (nSPS) is 14.9. The van der Waals surface area contributed by atoms with Gasteiger partial charge in [-0.3, -0.25) is 4.79 Å². The number of aromatic nitrogens is 1. The van der Waals surface area contributed by atoms with Crippen LogP contribution in [-0.4, -0.2) is 42.0 Å². The molecule has 5 nitrogen and oxygen atoms in total. The number of halogens is 2. The summed E-state index contributed by atoms with van der Waals surface area (Å²) < 4.78 is 0.952. The molecule has 0 bridgehead atoms. The Morgan fingerprint density at radius 1 is 1.17 bits per heavy atom. The lowest BCUT2D eigenvalue weighted by atomic mass is 10.1. The molecule has 1 aliphatic heterocycles. The van der Waals surface area contributed by atoms with Gasteiger partial charge in [-0.25, -0.2) is 4.98 Å². The second-order valence-electron chi connectivity index (χ2n) is 5.35. The Bertz CT molecular complexity index is 715. The number of nitrogens with two attached hydrogens (primary N) is 1. The quantitative estimate of drug-likeness (QED) is 0.794. The molecule has 0 spiro atoms. The van der Waals surface area contributed by atoms with Crippen molar-refractivity contribution in [1.82, 2.24) is 9.88 Å².